The average Bonchev–Trinajstić information content (AvgIpc) is 3.45. The molecular formula is C63H112N12O4. The molecule has 79 heavy (non-hydrogen) atoms. The molecule has 24 unspecified atom stereocenters. The SMILES string of the molecule is CCNC1CCC(C2CCC(NC(=O)C34CC5CC(C3)CC(C(O)NC3CCC(C6CCC(NC(=O)C78CC9CC(C7)CC(C(O)NC7CCC(C%10CCC(NC)C(N)C%10)CC7N)(C9)C8)C(N)C6)CC3N)(C5)C4)C(N)C2)CC1N. The molecule has 16 nitrogen and oxygen atoms in total. The first kappa shape index (κ1) is 57.9. The van der Waals surface area contributed by atoms with Crippen molar-refractivity contribution in [1.29, 1.82) is 0 Å². The molecule has 0 aromatic carbocycles. The Balaban J connectivity index is 0.602. The van der Waals surface area contributed by atoms with Crippen molar-refractivity contribution in [3.05, 3.63) is 0 Å². The van der Waals surface area contributed by atoms with Crippen LogP contribution in [0.4, 0.5) is 0 Å². The van der Waals surface area contributed by atoms with E-state index in [0.29, 0.717) is 71.3 Å². The second-order valence-corrected chi connectivity index (χ2v) is 31.2. The van der Waals surface area contributed by atoms with Crippen molar-refractivity contribution in [1.82, 2.24) is 31.9 Å². The summed E-state index contributed by atoms with van der Waals surface area (Å²) in [6.07, 6.45) is 28.6. The molecule has 24 atom stereocenters. The van der Waals surface area contributed by atoms with Crippen LogP contribution in [-0.4, -0.2) is 121 Å². The van der Waals surface area contributed by atoms with E-state index in [0.717, 1.165) is 173 Å². The number of hydrogen-bond acceptors (Lipinski definition) is 14. The van der Waals surface area contributed by atoms with Gasteiger partial charge in [-0.05, 0) is 265 Å². The second-order valence-electron chi connectivity index (χ2n) is 31.2. The molecule has 0 spiro atoms. The van der Waals surface area contributed by atoms with Gasteiger partial charge >= 0.3 is 0 Å². The molecule has 448 valence electrons. The lowest BCUT2D eigenvalue weighted by Crippen LogP contribution is -2.66. The first-order chi connectivity index (χ1) is 37.9. The van der Waals surface area contributed by atoms with Gasteiger partial charge in [-0.3, -0.25) is 20.2 Å². The van der Waals surface area contributed by atoms with Gasteiger partial charge in [-0.2, -0.15) is 0 Å². The third-order valence-electron chi connectivity index (χ3n) is 26.2. The molecule has 14 fully saturated rings. The van der Waals surface area contributed by atoms with Crippen LogP contribution in [0.15, 0.2) is 0 Å². The molecule has 16 heteroatoms. The molecule has 0 heterocycles. The van der Waals surface area contributed by atoms with E-state index in [2.05, 4.69) is 38.8 Å². The van der Waals surface area contributed by atoms with E-state index >= 15 is 0 Å². The van der Waals surface area contributed by atoms with Gasteiger partial charge in [0.05, 0.1) is 10.8 Å². The van der Waals surface area contributed by atoms with Crippen molar-refractivity contribution in [3.63, 3.8) is 0 Å². The minimum absolute atomic E-state index is 0.00239. The van der Waals surface area contributed by atoms with Crippen LogP contribution in [0.3, 0.4) is 0 Å². The number of likely N-dealkylation sites (N-methyl/N-ethyl adjacent to an activating group) is 2. The number of aliphatic hydroxyl groups is 2. The molecule has 0 aromatic heterocycles. The Kier molecular flexibility index (Phi) is 16.9. The number of nitrogens with two attached hydrogens (primary N) is 6. The van der Waals surface area contributed by atoms with Crippen LogP contribution >= 0.6 is 0 Å². The van der Waals surface area contributed by atoms with E-state index in [1.165, 1.54) is 25.7 Å². The first-order valence-corrected chi connectivity index (χ1v) is 33.3. The zero-order chi connectivity index (χ0) is 55.2. The third kappa shape index (κ3) is 11.3. The quantitative estimate of drug-likeness (QED) is 0.0973. The monoisotopic (exact) mass is 1100 g/mol. The Morgan fingerprint density at radius 2 is 0.709 bits per heavy atom. The maximum absolute atomic E-state index is 14.8. The fourth-order valence-corrected chi connectivity index (χ4v) is 22.9. The highest BCUT2D eigenvalue weighted by atomic mass is 16.3. The maximum Gasteiger partial charge on any atom is 0.226 e. The molecule has 14 aliphatic carbocycles. The van der Waals surface area contributed by atoms with E-state index in [-0.39, 0.29) is 83.1 Å². The summed E-state index contributed by atoms with van der Waals surface area (Å²) in [6, 6.07) is 1.06. The zero-order valence-electron chi connectivity index (χ0n) is 49.0. The van der Waals surface area contributed by atoms with Gasteiger partial charge in [0.25, 0.3) is 0 Å². The number of aliphatic hydroxyl groups excluding tert-OH is 2. The Labute approximate surface area is 475 Å². The molecular weight excluding hydrogens is 989 g/mol. The largest absolute Gasteiger partial charge is 0.378 e. The van der Waals surface area contributed by atoms with E-state index in [1.807, 2.05) is 7.05 Å². The molecule has 14 rings (SSSR count). The summed E-state index contributed by atoms with van der Waals surface area (Å²) in [5.74, 6) is 5.56. The van der Waals surface area contributed by atoms with E-state index in [9.17, 15) is 19.8 Å². The van der Waals surface area contributed by atoms with Crippen LogP contribution in [0, 0.1) is 80.8 Å². The predicted octanol–water partition coefficient (Wildman–Crippen LogP) is 4.01. The van der Waals surface area contributed by atoms with Gasteiger partial charge < -0.3 is 65.9 Å². The van der Waals surface area contributed by atoms with Gasteiger partial charge in [-0.25, -0.2) is 0 Å². The lowest BCUT2D eigenvalue weighted by atomic mass is 9.43. The summed E-state index contributed by atoms with van der Waals surface area (Å²) in [6.45, 7) is 3.12. The molecule has 2 amide bonds. The lowest BCUT2D eigenvalue weighted by molar-refractivity contribution is -0.182. The highest BCUT2D eigenvalue weighted by molar-refractivity contribution is 5.84. The molecule has 0 saturated heterocycles. The minimum Gasteiger partial charge on any atom is -0.378 e. The van der Waals surface area contributed by atoms with Crippen LogP contribution in [0.5, 0.6) is 0 Å². The van der Waals surface area contributed by atoms with Crippen molar-refractivity contribution in [2.45, 2.75) is 285 Å². The fourth-order valence-electron chi connectivity index (χ4n) is 22.9. The second kappa shape index (κ2) is 23.0. The normalized spacial score (nSPS) is 52.1. The Hall–Kier alpha value is -1.54. The van der Waals surface area contributed by atoms with Crippen LogP contribution in [0.25, 0.3) is 0 Å². The topological polar surface area (TPSA) is 303 Å². The minimum atomic E-state index is -0.692. The summed E-state index contributed by atoms with van der Waals surface area (Å²) >= 11 is 0. The number of hydrogen-bond donors (Lipinski definition) is 14. The predicted molar refractivity (Wildman–Crippen MR) is 311 cm³/mol. The van der Waals surface area contributed by atoms with E-state index in [4.69, 9.17) is 34.4 Å². The molecule has 0 radical (unpaired) electrons. The van der Waals surface area contributed by atoms with Gasteiger partial charge in [0.15, 0.2) is 0 Å². The zero-order valence-corrected chi connectivity index (χ0v) is 49.0. The highest BCUT2D eigenvalue weighted by Gasteiger charge is 2.65. The number of rotatable bonds is 16. The van der Waals surface area contributed by atoms with E-state index in [1.54, 1.807) is 0 Å². The van der Waals surface area contributed by atoms with Gasteiger partial charge in [-0.1, -0.05) is 6.92 Å². The Morgan fingerprint density at radius 1 is 0.418 bits per heavy atom. The van der Waals surface area contributed by atoms with Gasteiger partial charge in [0, 0.05) is 83.3 Å². The maximum atomic E-state index is 14.8. The van der Waals surface area contributed by atoms with Crippen molar-refractivity contribution in [2.75, 3.05) is 13.6 Å². The fraction of sp³-hybridized carbons (Fsp3) is 0.968. The summed E-state index contributed by atoms with van der Waals surface area (Å²) in [5.41, 5.74) is 39.8. The van der Waals surface area contributed by atoms with Crippen molar-refractivity contribution >= 4 is 11.8 Å². The van der Waals surface area contributed by atoms with Crippen LogP contribution in [0.2, 0.25) is 0 Å². The number of nitrogens with one attached hydrogen (secondary N) is 6. The van der Waals surface area contributed by atoms with Crippen molar-refractivity contribution in [2.24, 2.45) is 115 Å². The van der Waals surface area contributed by atoms with E-state index < -0.39 is 23.3 Å². The molecule has 14 saturated carbocycles. The van der Waals surface area contributed by atoms with Gasteiger partial charge in [-0.15, -0.1) is 0 Å². The van der Waals surface area contributed by atoms with Crippen molar-refractivity contribution < 1.29 is 19.8 Å². The molecule has 0 aromatic rings. The van der Waals surface area contributed by atoms with Gasteiger partial charge in [0.2, 0.25) is 11.8 Å². The molecule has 14 aliphatic rings. The van der Waals surface area contributed by atoms with Gasteiger partial charge in [0.1, 0.15) is 12.5 Å². The smallest absolute Gasteiger partial charge is 0.226 e. The standard InChI is InChI=1S/C63H112N12O4/c1-3-71-51-11-5-39(19-45(51)65)41-7-13-53(47(67)21-41)73-57(77)61-26-36-17-37(27-61)31-63(30-36,33-61)59(79)75-55-15-9-43(23-49(55)69)42-8-14-54(48(68)22-42)74-58(78)62-28-34-16-35(29-62)25-60(24-34,32-62)56(76)72-52-12-6-40(20-46(52)66)38-4-10-50(70-2)44(64)18-38/h34-56,59,70-72,75-76,79H,3-33,64-69H2,1-2H3,(H,73,77)(H,74,78). The lowest BCUT2D eigenvalue weighted by Gasteiger charge is -2.63. The number of carbonyl (C=O) groups excluding carboxylic acids is 2. The summed E-state index contributed by atoms with van der Waals surface area (Å²) < 4.78 is 0. The number of amides is 2. The highest BCUT2D eigenvalue weighted by Crippen LogP contribution is 2.68. The molecule has 20 N–H and O–H groups in total. The first-order valence-electron chi connectivity index (χ1n) is 33.3. The summed E-state index contributed by atoms with van der Waals surface area (Å²) in [4.78, 5) is 29.4. The molecule has 0 aliphatic heterocycles. The summed E-state index contributed by atoms with van der Waals surface area (Å²) in [7, 11) is 2.02. The Morgan fingerprint density at radius 3 is 1.00 bits per heavy atom. The summed E-state index contributed by atoms with van der Waals surface area (Å²) in [5, 5.41) is 46.2. The van der Waals surface area contributed by atoms with Crippen molar-refractivity contribution in [3.8, 4) is 0 Å². The van der Waals surface area contributed by atoms with Crippen LogP contribution in [0.1, 0.15) is 200 Å². The van der Waals surface area contributed by atoms with Crippen LogP contribution < -0.4 is 66.3 Å². The number of carbonyl (C=O) groups is 2. The third-order valence-corrected chi connectivity index (χ3v) is 26.2. The van der Waals surface area contributed by atoms with Crippen LogP contribution in [-0.2, 0) is 9.59 Å². The molecule has 8 bridgehead atoms. The Bertz CT molecular complexity index is 2110. The average molecular weight is 1100 g/mol.